The number of aryl methyl sites for hydroxylation is 1. The smallest absolute Gasteiger partial charge is 0.251 e. The van der Waals surface area contributed by atoms with Crippen molar-refractivity contribution in [1.82, 2.24) is 10.0 Å². The van der Waals surface area contributed by atoms with Gasteiger partial charge in [-0.1, -0.05) is 12.8 Å². The van der Waals surface area contributed by atoms with Gasteiger partial charge >= 0.3 is 0 Å². The van der Waals surface area contributed by atoms with Gasteiger partial charge in [0, 0.05) is 29.8 Å². The number of sulfonamides is 1. The molecule has 0 spiro atoms. The van der Waals surface area contributed by atoms with Crippen LogP contribution in [0.5, 0.6) is 0 Å². The predicted molar refractivity (Wildman–Crippen MR) is 94.9 cm³/mol. The fourth-order valence-electron chi connectivity index (χ4n) is 3.50. The number of hydrogen-bond acceptors (Lipinski definition) is 4. The lowest BCUT2D eigenvalue weighted by atomic mass is 9.90. The standard InChI is InChI=1S/C17H23N3O4S/c1-25(23,24)20-15-5-3-2-4-14(15)19-17(22)12-6-8-13-11(10-12)7-9-16(21)18-13/h6,8,10,14-15,20H,2-5,7,9H2,1H3,(H,18,21)(H,19,22). The van der Waals surface area contributed by atoms with Crippen molar-refractivity contribution in [3.05, 3.63) is 29.3 Å². The van der Waals surface area contributed by atoms with E-state index in [9.17, 15) is 18.0 Å². The monoisotopic (exact) mass is 365 g/mol. The maximum atomic E-state index is 12.6. The second-order valence-electron chi connectivity index (χ2n) is 6.78. The minimum absolute atomic E-state index is 0.0124. The van der Waals surface area contributed by atoms with E-state index in [2.05, 4.69) is 15.4 Å². The Hall–Kier alpha value is -1.93. The van der Waals surface area contributed by atoms with Crippen molar-refractivity contribution in [1.29, 1.82) is 0 Å². The number of carbonyl (C=O) groups is 2. The lowest BCUT2D eigenvalue weighted by molar-refractivity contribution is -0.116. The molecule has 0 aromatic heterocycles. The van der Waals surface area contributed by atoms with E-state index in [-0.39, 0.29) is 23.9 Å². The molecule has 2 atom stereocenters. The number of amides is 2. The van der Waals surface area contributed by atoms with Crippen molar-refractivity contribution in [3.8, 4) is 0 Å². The number of benzene rings is 1. The van der Waals surface area contributed by atoms with Gasteiger partial charge in [0.15, 0.2) is 0 Å². The lowest BCUT2D eigenvalue weighted by Crippen LogP contribution is -2.52. The van der Waals surface area contributed by atoms with Crippen LogP contribution in [0.1, 0.15) is 48.0 Å². The molecule has 2 unspecified atom stereocenters. The molecule has 0 radical (unpaired) electrons. The molecule has 2 amide bonds. The largest absolute Gasteiger partial charge is 0.348 e. The second kappa shape index (κ2) is 7.13. The third-order valence-electron chi connectivity index (χ3n) is 4.71. The van der Waals surface area contributed by atoms with E-state index in [1.54, 1.807) is 18.2 Å². The number of fused-ring (bicyclic) bond motifs is 1. The van der Waals surface area contributed by atoms with Crippen LogP contribution in [0, 0.1) is 0 Å². The number of nitrogens with one attached hydrogen (secondary N) is 3. The van der Waals surface area contributed by atoms with Crippen LogP contribution in [0.15, 0.2) is 18.2 Å². The zero-order valence-corrected chi connectivity index (χ0v) is 15.0. The van der Waals surface area contributed by atoms with Gasteiger partial charge in [0.25, 0.3) is 5.91 Å². The summed E-state index contributed by atoms with van der Waals surface area (Å²) in [5.41, 5.74) is 2.22. The highest BCUT2D eigenvalue weighted by Gasteiger charge is 2.29. The minimum Gasteiger partial charge on any atom is -0.348 e. The molecule has 1 aromatic carbocycles. The van der Waals surface area contributed by atoms with Gasteiger partial charge < -0.3 is 10.6 Å². The summed E-state index contributed by atoms with van der Waals surface area (Å²) in [6.07, 6.45) is 5.54. The molecule has 1 saturated carbocycles. The van der Waals surface area contributed by atoms with Gasteiger partial charge in [-0.3, -0.25) is 9.59 Å². The van der Waals surface area contributed by atoms with E-state index in [0.29, 0.717) is 24.8 Å². The highest BCUT2D eigenvalue weighted by molar-refractivity contribution is 7.88. The van der Waals surface area contributed by atoms with Gasteiger partial charge in [-0.25, -0.2) is 13.1 Å². The molecular formula is C17H23N3O4S. The Balaban J connectivity index is 1.71. The maximum absolute atomic E-state index is 12.6. The van der Waals surface area contributed by atoms with Crippen LogP contribution in [0.4, 0.5) is 5.69 Å². The third-order valence-corrected chi connectivity index (χ3v) is 5.44. The van der Waals surface area contributed by atoms with Gasteiger partial charge in [-0.15, -0.1) is 0 Å². The number of hydrogen-bond donors (Lipinski definition) is 3. The molecule has 136 valence electrons. The van der Waals surface area contributed by atoms with Crippen LogP contribution in [0.25, 0.3) is 0 Å². The molecule has 0 saturated heterocycles. The number of anilines is 1. The third kappa shape index (κ3) is 4.58. The minimum atomic E-state index is -3.32. The Kier molecular flexibility index (Phi) is 5.10. The first-order valence-electron chi connectivity index (χ1n) is 8.53. The van der Waals surface area contributed by atoms with Crippen LogP contribution >= 0.6 is 0 Å². The van der Waals surface area contributed by atoms with Crippen LogP contribution in [0.3, 0.4) is 0 Å². The van der Waals surface area contributed by atoms with Crippen molar-refractivity contribution < 1.29 is 18.0 Å². The highest BCUT2D eigenvalue weighted by Crippen LogP contribution is 2.24. The average molecular weight is 365 g/mol. The predicted octanol–water partition coefficient (Wildman–Crippen LogP) is 1.16. The molecule has 7 nitrogen and oxygen atoms in total. The summed E-state index contributed by atoms with van der Waals surface area (Å²) in [6, 6.07) is 4.73. The van der Waals surface area contributed by atoms with Crippen LogP contribution in [-0.2, 0) is 21.2 Å². The van der Waals surface area contributed by atoms with Crippen molar-refractivity contribution in [2.45, 2.75) is 50.6 Å². The molecule has 0 bridgehead atoms. The number of rotatable bonds is 4. The summed E-state index contributed by atoms with van der Waals surface area (Å²) >= 11 is 0. The lowest BCUT2D eigenvalue weighted by Gasteiger charge is -2.32. The molecule has 1 fully saturated rings. The van der Waals surface area contributed by atoms with E-state index in [1.165, 1.54) is 0 Å². The van der Waals surface area contributed by atoms with E-state index < -0.39 is 10.0 Å². The molecule has 1 aromatic rings. The van der Waals surface area contributed by atoms with E-state index in [0.717, 1.165) is 36.8 Å². The summed E-state index contributed by atoms with van der Waals surface area (Å²) in [7, 11) is -3.32. The summed E-state index contributed by atoms with van der Waals surface area (Å²) in [5, 5.41) is 5.76. The first kappa shape index (κ1) is 17.9. The molecule has 1 aliphatic carbocycles. The molecule has 1 heterocycles. The molecule has 3 N–H and O–H groups in total. The highest BCUT2D eigenvalue weighted by atomic mass is 32.2. The Labute approximate surface area is 147 Å². The fraction of sp³-hybridized carbons (Fsp3) is 0.529. The van der Waals surface area contributed by atoms with E-state index in [4.69, 9.17) is 0 Å². The van der Waals surface area contributed by atoms with Crippen LogP contribution in [-0.4, -0.2) is 38.6 Å². The summed E-state index contributed by atoms with van der Waals surface area (Å²) < 4.78 is 25.7. The van der Waals surface area contributed by atoms with Crippen molar-refractivity contribution >= 4 is 27.5 Å². The molecule has 1 aliphatic heterocycles. The maximum Gasteiger partial charge on any atom is 0.251 e. The zero-order valence-electron chi connectivity index (χ0n) is 14.2. The van der Waals surface area contributed by atoms with Gasteiger partial charge in [0.2, 0.25) is 15.9 Å². The summed E-state index contributed by atoms with van der Waals surface area (Å²) in [4.78, 5) is 24.0. The van der Waals surface area contributed by atoms with E-state index >= 15 is 0 Å². The Morgan fingerprint density at radius 3 is 2.60 bits per heavy atom. The molecule has 25 heavy (non-hydrogen) atoms. The van der Waals surface area contributed by atoms with Crippen LogP contribution in [0.2, 0.25) is 0 Å². The Bertz CT molecular complexity index is 791. The van der Waals surface area contributed by atoms with Crippen molar-refractivity contribution in [3.63, 3.8) is 0 Å². The van der Waals surface area contributed by atoms with Crippen molar-refractivity contribution in [2.24, 2.45) is 0 Å². The van der Waals surface area contributed by atoms with Crippen molar-refractivity contribution in [2.75, 3.05) is 11.6 Å². The van der Waals surface area contributed by atoms with Gasteiger partial charge in [0.05, 0.1) is 6.26 Å². The summed E-state index contributed by atoms with van der Waals surface area (Å²) in [5.74, 6) is -0.228. The zero-order chi connectivity index (χ0) is 18.0. The summed E-state index contributed by atoms with van der Waals surface area (Å²) in [6.45, 7) is 0. The van der Waals surface area contributed by atoms with Gasteiger partial charge in [0.1, 0.15) is 0 Å². The van der Waals surface area contributed by atoms with Gasteiger partial charge in [-0.05, 0) is 43.0 Å². The Morgan fingerprint density at radius 1 is 1.16 bits per heavy atom. The van der Waals surface area contributed by atoms with Gasteiger partial charge in [-0.2, -0.15) is 0 Å². The average Bonchev–Trinajstić information content (AvgIpc) is 2.54. The SMILES string of the molecule is CS(=O)(=O)NC1CCCCC1NC(=O)c1ccc2c(c1)CCC(=O)N2. The first-order valence-corrected chi connectivity index (χ1v) is 10.4. The fourth-order valence-corrected chi connectivity index (χ4v) is 4.33. The molecule has 2 aliphatic rings. The Morgan fingerprint density at radius 2 is 1.88 bits per heavy atom. The molecule has 8 heteroatoms. The topological polar surface area (TPSA) is 104 Å². The number of carbonyl (C=O) groups excluding carboxylic acids is 2. The molecular weight excluding hydrogens is 342 g/mol. The van der Waals surface area contributed by atoms with Crippen LogP contribution < -0.4 is 15.4 Å². The molecule has 3 rings (SSSR count). The normalized spacial score (nSPS) is 23.5. The first-order chi connectivity index (χ1) is 11.8. The van der Waals surface area contributed by atoms with E-state index in [1.807, 2.05) is 0 Å². The quantitative estimate of drug-likeness (QED) is 0.745. The second-order valence-corrected chi connectivity index (χ2v) is 8.56.